The molecule has 0 unspecified atom stereocenters. The largest absolute Gasteiger partial charge is 0.322 e. The van der Waals surface area contributed by atoms with Gasteiger partial charge in [0.15, 0.2) is 5.82 Å². The summed E-state index contributed by atoms with van der Waals surface area (Å²) in [6, 6.07) is 9.39. The summed E-state index contributed by atoms with van der Waals surface area (Å²) < 4.78 is 27.3. The maximum atomic E-state index is 13.6. The number of halogens is 2. The van der Waals surface area contributed by atoms with Crippen molar-refractivity contribution < 1.29 is 19.8 Å². The molecule has 1 aliphatic heterocycles. The molecule has 4 rings (SSSR count). The van der Waals surface area contributed by atoms with E-state index in [0.29, 0.717) is 36.2 Å². The second-order valence-corrected chi connectivity index (χ2v) is 8.63. The highest BCUT2D eigenvalue weighted by atomic mass is 19.3. The SMILES string of the molecule is CCN1C(=O)CC(=N)N(C=N)c2cc(-c3cc(NC(=O)c4ccnc(C(C)(F)F)c4)ccc3C)cnc21.[HH]. The summed E-state index contributed by atoms with van der Waals surface area (Å²) in [5.41, 5.74) is 2.64. The van der Waals surface area contributed by atoms with E-state index >= 15 is 0 Å². The average Bonchev–Trinajstić information content (AvgIpc) is 2.96. The zero-order valence-corrected chi connectivity index (χ0v) is 20.5. The smallest absolute Gasteiger partial charge is 0.286 e. The molecule has 0 saturated carbocycles. The molecule has 3 heterocycles. The van der Waals surface area contributed by atoms with Crippen molar-refractivity contribution in [2.45, 2.75) is 33.1 Å². The van der Waals surface area contributed by atoms with Gasteiger partial charge in [-0.3, -0.25) is 35.2 Å². The molecule has 37 heavy (non-hydrogen) atoms. The normalized spacial score (nSPS) is 13.8. The molecule has 11 heteroatoms. The number of anilines is 3. The third kappa shape index (κ3) is 5.06. The Labute approximate surface area is 213 Å². The van der Waals surface area contributed by atoms with Crippen LogP contribution in [0.1, 0.15) is 43.3 Å². The molecule has 0 fully saturated rings. The molecule has 1 aliphatic rings. The Morgan fingerprint density at radius 2 is 2.00 bits per heavy atom. The summed E-state index contributed by atoms with van der Waals surface area (Å²) >= 11 is 0. The number of aromatic nitrogens is 2. The highest BCUT2D eigenvalue weighted by Crippen LogP contribution is 2.36. The number of nitrogens with one attached hydrogen (secondary N) is 3. The van der Waals surface area contributed by atoms with Crippen molar-refractivity contribution in [2.24, 2.45) is 0 Å². The number of aryl methyl sites for hydroxylation is 1. The van der Waals surface area contributed by atoms with E-state index in [9.17, 15) is 18.4 Å². The fraction of sp³-hybridized carbons (Fsp3) is 0.231. The van der Waals surface area contributed by atoms with Crippen LogP contribution in [-0.2, 0) is 10.7 Å². The van der Waals surface area contributed by atoms with Crippen LogP contribution in [0.25, 0.3) is 11.1 Å². The molecule has 0 atom stereocenters. The van der Waals surface area contributed by atoms with Gasteiger partial charge >= 0.3 is 0 Å². The van der Waals surface area contributed by atoms with Gasteiger partial charge < -0.3 is 5.32 Å². The lowest BCUT2D eigenvalue weighted by atomic mass is 10.0. The topological polar surface area (TPSA) is 126 Å². The number of amides is 2. The second-order valence-electron chi connectivity index (χ2n) is 8.63. The van der Waals surface area contributed by atoms with E-state index in [1.807, 2.05) is 13.8 Å². The van der Waals surface area contributed by atoms with Gasteiger partial charge in [-0.25, -0.2) is 4.98 Å². The van der Waals surface area contributed by atoms with E-state index in [1.54, 1.807) is 30.5 Å². The van der Waals surface area contributed by atoms with Crippen molar-refractivity contribution in [3.63, 3.8) is 0 Å². The number of carbonyl (C=O) groups is 2. The number of carbonyl (C=O) groups excluding carboxylic acids is 2. The van der Waals surface area contributed by atoms with Crippen LogP contribution in [0.4, 0.5) is 26.0 Å². The van der Waals surface area contributed by atoms with Gasteiger partial charge in [0, 0.05) is 44.1 Å². The van der Waals surface area contributed by atoms with Crippen LogP contribution in [0.3, 0.4) is 0 Å². The van der Waals surface area contributed by atoms with Gasteiger partial charge in [-0.1, -0.05) is 6.07 Å². The first kappa shape index (κ1) is 25.5. The first-order valence-electron chi connectivity index (χ1n) is 11.5. The Kier molecular flexibility index (Phi) is 6.80. The molecule has 192 valence electrons. The summed E-state index contributed by atoms with van der Waals surface area (Å²) in [5.74, 6) is -3.71. The van der Waals surface area contributed by atoms with Crippen LogP contribution in [0, 0.1) is 17.7 Å². The molecule has 3 N–H and O–H groups in total. The number of pyridine rings is 2. The quantitative estimate of drug-likeness (QED) is 0.312. The van der Waals surface area contributed by atoms with Crippen LogP contribution in [-0.4, -0.2) is 40.5 Å². The van der Waals surface area contributed by atoms with E-state index in [1.165, 1.54) is 22.1 Å². The number of rotatable bonds is 6. The van der Waals surface area contributed by atoms with Crippen molar-refractivity contribution in [3.05, 3.63) is 65.6 Å². The maximum absolute atomic E-state index is 13.6. The lowest BCUT2D eigenvalue weighted by molar-refractivity contribution is -0.117. The third-order valence-corrected chi connectivity index (χ3v) is 6.00. The van der Waals surface area contributed by atoms with E-state index < -0.39 is 17.5 Å². The number of amidine groups is 1. The van der Waals surface area contributed by atoms with E-state index in [4.69, 9.17) is 10.8 Å². The Hall–Kier alpha value is -4.54. The summed E-state index contributed by atoms with van der Waals surface area (Å²) in [7, 11) is 0. The molecule has 0 bridgehead atoms. The van der Waals surface area contributed by atoms with Gasteiger partial charge in [0.25, 0.3) is 11.8 Å². The highest BCUT2D eigenvalue weighted by molar-refractivity contribution is 6.22. The van der Waals surface area contributed by atoms with Gasteiger partial charge in [-0.2, -0.15) is 8.78 Å². The summed E-state index contributed by atoms with van der Waals surface area (Å²) in [4.78, 5) is 36.3. The molecule has 0 spiro atoms. The molecule has 0 aliphatic carbocycles. The van der Waals surface area contributed by atoms with Crippen LogP contribution in [0.2, 0.25) is 0 Å². The fourth-order valence-corrected chi connectivity index (χ4v) is 4.07. The van der Waals surface area contributed by atoms with Gasteiger partial charge in [0.05, 0.1) is 18.4 Å². The number of benzene rings is 1. The maximum Gasteiger partial charge on any atom is 0.286 e. The Bertz CT molecular complexity index is 1420. The monoisotopic (exact) mass is 507 g/mol. The summed E-state index contributed by atoms with van der Waals surface area (Å²) in [6.45, 7) is 4.76. The van der Waals surface area contributed by atoms with Crippen molar-refractivity contribution in [1.82, 2.24) is 9.97 Å². The first-order chi connectivity index (χ1) is 17.5. The predicted molar refractivity (Wildman–Crippen MR) is 140 cm³/mol. The zero-order valence-electron chi connectivity index (χ0n) is 20.5. The van der Waals surface area contributed by atoms with Crippen molar-refractivity contribution >= 4 is 41.2 Å². The van der Waals surface area contributed by atoms with E-state index in [-0.39, 0.29) is 25.2 Å². The molecular weight excluding hydrogens is 480 g/mol. The summed E-state index contributed by atoms with van der Waals surface area (Å²) in [5, 5.41) is 18.8. The van der Waals surface area contributed by atoms with Crippen molar-refractivity contribution in [2.75, 3.05) is 21.7 Å². The molecular formula is C26H27F2N7O2. The van der Waals surface area contributed by atoms with Crippen LogP contribution >= 0.6 is 0 Å². The van der Waals surface area contributed by atoms with Gasteiger partial charge in [0.2, 0.25) is 5.91 Å². The standard InChI is InChI=1S/C26H25F2N7O2.H2/c1-4-34-23(36)12-22(30)35(14-29)20-9-17(13-32-24(20)34)19-11-18(6-5-15(19)2)33-25(37)16-7-8-31-21(10-16)26(3,27)28;/h5-11,13-14,29-30H,4,12H2,1-3H3,(H,33,37);1H. The molecule has 9 nitrogen and oxygen atoms in total. The Morgan fingerprint density at radius 1 is 1.24 bits per heavy atom. The van der Waals surface area contributed by atoms with Crippen molar-refractivity contribution in [3.8, 4) is 11.1 Å². The molecule has 2 aromatic heterocycles. The lowest BCUT2D eigenvalue weighted by Gasteiger charge is -2.22. The Balaban J connectivity index is 0.00000400. The highest BCUT2D eigenvalue weighted by Gasteiger charge is 2.30. The zero-order chi connectivity index (χ0) is 26.9. The average molecular weight is 508 g/mol. The second kappa shape index (κ2) is 9.84. The minimum atomic E-state index is -3.18. The number of fused-ring (bicyclic) bond motifs is 1. The van der Waals surface area contributed by atoms with E-state index in [0.717, 1.165) is 23.5 Å². The molecule has 3 aromatic rings. The molecule has 0 saturated heterocycles. The lowest BCUT2D eigenvalue weighted by Crippen LogP contribution is -2.32. The Morgan fingerprint density at radius 3 is 2.68 bits per heavy atom. The number of hydrogen-bond acceptors (Lipinski definition) is 6. The summed E-state index contributed by atoms with van der Waals surface area (Å²) in [6.07, 6.45) is 3.58. The first-order valence-corrected chi connectivity index (χ1v) is 11.5. The van der Waals surface area contributed by atoms with Crippen molar-refractivity contribution in [1.29, 1.82) is 10.8 Å². The number of hydrogen-bond donors (Lipinski definition) is 3. The predicted octanol–water partition coefficient (Wildman–Crippen LogP) is 5.21. The number of nitrogens with zero attached hydrogens (tertiary/aromatic N) is 4. The van der Waals surface area contributed by atoms with Gasteiger partial charge in [-0.05, 0) is 55.3 Å². The molecule has 1 aromatic carbocycles. The molecule has 0 radical (unpaired) electrons. The third-order valence-electron chi connectivity index (χ3n) is 6.00. The number of alkyl halides is 2. The van der Waals surface area contributed by atoms with Gasteiger partial charge in [0.1, 0.15) is 11.5 Å². The van der Waals surface area contributed by atoms with E-state index in [2.05, 4.69) is 15.3 Å². The minimum Gasteiger partial charge on any atom is -0.322 e. The molecule has 2 amide bonds. The fourth-order valence-electron chi connectivity index (χ4n) is 4.07. The van der Waals surface area contributed by atoms with Crippen LogP contribution in [0.5, 0.6) is 0 Å². The van der Waals surface area contributed by atoms with Crippen LogP contribution in [0.15, 0.2) is 48.8 Å². The van der Waals surface area contributed by atoms with Gasteiger partial charge in [-0.15, -0.1) is 0 Å². The minimum absolute atomic E-state index is 0. The van der Waals surface area contributed by atoms with Crippen LogP contribution < -0.4 is 15.1 Å².